The third kappa shape index (κ3) is 5.66. The fraction of sp³-hybridized carbons (Fsp3) is 0.400. The van der Waals surface area contributed by atoms with Gasteiger partial charge in [0.05, 0.1) is 17.6 Å². The summed E-state index contributed by atoms with van der Waals surface area (Å²) in [4.78, 5) is 37.0. The van der Waals surface area contributed by atoms with Gasteiger partial charge in [-0.05, 0) is 54.9 Å². The molecule has 1 N–H and O–H groups in total. The minimum atomic E-state index is -0.517. The van der Waals surface area contributed by atoms with Gasteiger partial charge >= 0.3 is 6.09 Å². The molecule has 0 spiro atoms. The van der Waals surface area contributed by atoms with Crippen molar-refractivity contribution < 1.29 is 14.3 Å². The molecule has 0 atom stereocenters. The van der Waals surface area contributed by atoms with Crippen LogP contribution in [0.25, 0.3) is 0 Å². The number of pyridine rings is 2. The SMILES string of the molecule is CC(C)(C)OC(=O)N1CCN(c2ccncc2NC(=O)c2cccc(Br)n2)CC1. The Morgan fingerprint density at radius 1 is 1.14 bits per heavy atom. The summed E-state index contributed by atoms with van der Waals surface area (Å²) in [6.07, 6.45) is 3.00. The molecule has 9 heteroatoms. The van der Waals surface area contributed by atoms with Crippen LogP contribution < -0.4 is 10.2 Å². The zero-order chi connectivity index (χ0) is 21.0. The third-order valence-corrected chi connectivity index (χ3v) is 4.71. The number of halogens is 1. The predicted octanol–water partition coefficient (Wildman–Crippen LogP) is 3.55. The van der Waals surface area contributed by atoms with Gasteiger partial charge in [-0.15, -0.1) is 0 Å². The number of nitrogens with zero attached hydrogens (tertiary/aromatic N) is 4. The molecule has 0 aromatic carbocycles. The molecule has 0 bridgehead atoms. The Balaban J connectivity index is 1.67. The summed E-state index contributed by atoms with van der Waals surface area (Å²) in [7, 11) is 0. The normalized spacial score (nSPS) is 14.5. The van der Waals surface area contributed by atoms with Crippen LogP contribution in [0.2, 0.25) is 0 Å². The van der Waals surface area contributed by atoms with Gasteiger partial charge in [-0.1, -0.05) is 6.07 Å². The Bertz CT molecular complexity index is 892. The molecule has 2 aromatic rings. The minimum absolute atomic E-state index is 0.305. The van der Waals surface area contributed by atoms with Gasteiger partial charge in [0, 0.05) is 32.4 Å². The van der Waals surface area contributed by atoms with Crippen LogP contribution in [0.15, 0.2) is 41.3 Å². The average Bonchev–Trinajstić information content (AvgIpc) is 2.67. The summed E-state index contributed by atoms with van der Waals surface area (Å²) in [6, 6.07) is 7.02. The van der Waals surface area contributed by atoms with E-state index in [4.69, 9.17) is 4.74 Å². The number of anilines is 2. The van der Waals surface area contributed by atoms with Crippen LogP contribution in [0, 0.1) is 0 Å². The lowest BCUT2D eigenvalue weighted by Crippen LogP contribution is -2.50. The zero-order valence-corrected chi connectivity index (χ0v) is 18.3. The van der Waals surface area contributed by atoms with Gasteiger partial charge in [0.25, 0.3) is 5.91 Å². The second-order valence-corrected chi connectivity index (χ2v) is 8.46. The van der Waals surface area contributed by atoms with E-state index in [2.05, 4.69) is 36.1 Å². The van der Waals surface area contributed by atoms with E-state index in [0.717, 1.165) is 5.69 Å². The number of amides is 2. The Morgan fingerprint density at radius 2 is 1.86 bits per heavy atom. The molecule has 1 aliphatic rings. The van der Waals surface area contributed by atoms with E-state index < -0.39 is 5.60 Å². The zero-order valence-electron chi connectivity index (χ0n) is 16.7. The molecule has 0 saturated carbocycles. The first-order chi connectivity index (χ1) is 13.7. The highest BCUT2D eigenvalue weighted by Crippen LogP contribution is 2.26. The first kappa shape index (κ1) is 21.0. The van der Waals surface area contributed by atoms with Crippen LogP contribution in [0.1, 0.15) is 31.3 Å². The van der Waals surface area contributed by atoms with E-state index in [1.54, 1.807) is 35.5 Å². The summed E-state index contributed by atoms with van der Waals surface area (Å²) >= 11 is 3.27. The first-order valence-corrected chi connectivity index (χ1v) is 10.1. The van der Waals surface area contributed by atoms with E-state index in [1.165, 1.54) is 0 Å². The van der Waals surface area contributed by atoms with Crippen LogP contribution in [-0.2, 0) is 4.74 Å². The maximum atomic E-state index is 12.6. The van der Waals surface area contributed by atoms with Gasteiger partial charge in [0.1, 0.15) is 15.9 Å². The van der Waals surface area contributed by atoms with Crippen LogP contribution in [0.5, 0.6) is 0 Å². The van der Waals surface area contributed by atoms with E-state index in [0.29, 0.717) is 42.2 Å². The number of hydrogen-bond donors (Lipinski definition) is 1. The van der Waals surface area contributed by atoms with Crippen molar-refractivity contribution in [2.45, 2.75) is 26.4 Å². The minimum Gasteiger partial charge on any atom is -0.444 e. The molecule has 0 unspecified atom stereocenters. The fourth-order valence-electron chi connectivity index (χ4n) is 2.94. The molecule has 8 nitrogen and oxygen atoms in total. The molecular weight excluding hydrogens is 438 g/mol. The number of ether oxygens (including phenoxy) is 1. The molecule has 2 aromatic heterocycles. The highest BCUT2D eigenvalue weighted by molar-refractivity contribution is 9.10. The molecule has 154 valence electrons. The second kappa shape index (κ2) is 8.77. The quantitative estimate of drug-likeness (QED) is 0.703. The van der Waals surface area contributed by atoms with Crippen molar-refractivity contribution in [1.82, 2.24) is 14.9 Å². The van der Waals surface area contributed by atoms with Crippen molar-refractivity contribution in [3.63, 3.8) is 0 Å². The van der Waals surface area contributed by atoms with Crippen LogP contribution in [-0.4, -0.2) is 58.6 Å². The Labute approximate surface area is 178 Å². The van der Waals surface area contributed by atoms with Gasteiger partial charge in [-0.2, -0.15) is 0 Å². The lowest BCUT2D eigenvalue weighted by molar-refractivity contribution is 0.0240. The summed E-state index contributed by atoms with van der Waals surface area (Å²) in [5.74, 6) is -0.312. The largest absolute Gasteiger partial charge is 0.444 e. The van der Waals surface area contributed by atoms with Gasteiger partial charge in [0.2, 0.25) is 0 Å². The van der Waals surface area contributed by atoms with Crippen molar-refractivity contribution in [2.24, 2.45) is 0 Å². The standard InChI is InChI=1S/C20H24BrN5O3/c1-20(2,3)29-19(28)26-11-9-25(10-12-26)16-7-8-22-13-15(16)24-18(27)14-5-4-6-17(21)23-14/h4-8,13H,9-12H2,1-3H3,(H,24,27). The molecule has 0 aliphatic carbocycles. The van der Waals surface area contributed by atoms with Crippen molar-refractivity contribution in [3.05, 3.63) is 47.0 Å². The van der Waals surface area contributed by atoms with Crippen LogP contribution >= 0.6 is 15.9 Å². The predicted molar refractivity (Wildman–Crippen MR) is 114 cm³/mol. The first-order valence-electron chi connectivity index (χ1n) is 9.34. The molecule has 2 amide bonds. The molecule has 29 heavy (non-hydrogen) atoms. The number of nitrogens with one attached hydrogen (secondary N) is 1. The number of hydrogen-bond acceptors (Lipinski definition) is 6. The summed E-state index contributed by atoms with van der Waals surface area (Å²) in [5, 5.41) is 2.88. The topological polar surface area (TPSA) is 87.7 Å². The number of carbonyl (C=O) groups excluding carboxylic acids is 2. The Kier molecular flexibility index (Phi) is 6.36. The molecule has 1 aliphatic heterocycles. The van der Waals surface area contributed by atoms with Gasteiger partial charge in [-0.3, -0.25) is 9.78 Å². The fourth-order valence-corrected chi connectivity index (χ4v) is 3.28. The molecule has 1 saturated heterocycles. The highest BCUT2D eigenvalue weighted by Gasteiger charge is 2.27. The number of rotatable bonds is 3. The maximum absolute atomic E-state index is 12.6. The van der Waals surface area contributed by atoms with Crippen molar-refractivity contribution in [3.8, 4) is 0 Å². The van der Waals surface area contributed by atoms with Crippen LogP contribution in [0.3, 0.4) is 0 Å². The van der Waals surface area contributed by atoms with Crippen molar-refractivity contribution in [1.29, 1.82) is 0 Å². The number of carbonyl (C=O) groups is 2. The summed E-state index contributed by atoms with van der Waals surface area (Å²) < 4.78 is 6.04. The van der Waals surface area contributed by atoms with E-state index >= 15 is 0 Å². The maximum Gasteiger partial charge on any atom is 0.410 e. The van der Waals surface area contributed by atoms with Crippen molar-refractivity contribution in [2.75, 3.05) is 36.4 Å². The Hall–Kier alpha value is -2.68. The lowest BCUT2D eigenvalue weighted by Gasteiger charge is -2.37. The molecule has 3 rings (SSSR count). The molecule has 0 radical (unpaired) electrons. The van der Waals surface area contributed by atoms with E-state index in [1.807, 2.05) is 26.8 Å². The second-order valence-electron chi connectivity index (χ2n) is 7.65. The average molecular weight is 462 g/mol. The number of aromatic nitrogens is 2. The third-order valence-electron chi connectivity index (χ3n) is 4.27. The Morgan fingerprint density at radius 3 is 2.52 bits per heavy atom. The van der Waals surface area contributed by atoms with Crippen LogP contribution in [0.4, 0.5) is 16.2 Å². The molecule has 3 heterocycles. The van der Waals surface area contributed by atoms with E-state index in [9.17, 15) is 9.59 Å². The summed E-state index contributed by atoms with van der Waals surface area (Å²) in [5.41, 5.74) is 1.25. The monoisotopic (exact) mass is 461 g/mol. The van der Waals surface area contributed by atoms with Gasteiger partial charge in [0.15, 0.2) is 0 Å². The van der Waals surface area contributed by atoms with Crippen molar-refractivity contribution >= 4 is 39.3 Å². The van der Waals surface area contributed by atoms with Gasteiger partial charge < -0.3 is 19.9 Å². The van der Waals surface area contributed by atoms with E-state index in [-0.39, 0.29) is 12.0 Å². The molecular formula is C20H24BrN5O3. The summed E-state index contributed by atoms with van der Waals surface area (Å²) in [6.45, 7) is 7.89. The highest BCUT2D eigenvalue weighted by atomic mass is 79.9. The van der Waals surface area contributed by atoms with Gasteiger partial charge in [-0.25, -0.2) is 9.78 Å². The number of piperazine rings is 1. The smallest absolute Gasteiger partial charge is 0.410 e. The molecule has 1 fully saturated rings. The lowest BCUT2D eigenvalue weighted by atomic mass is 10.2.